The van der Waals surface area contributed by atoms with Crippen LogP contribution in [0.5, 0.6) is 0 Å². The molecule has 1 aliphatic rings. The molecule has 0 aromatic heterocycles. The lowest BCUT2D eigenvalue weighted by Gasteiger charge is -2.33. The van der Waals surface area contributed by atoms with E-state index in [-0.39, 0.29) is 12.0 Å². The highest BCUT2D eigenvalue weighted by Crippen LogP contribution is 2.29. The minimum Gasteiger partial charge on any atom is -0.468 e. The number of carbonyl (C=O) groups excluding carboxylic acids is 1. The number of carbonyl (C=O) groups is 1. The monoisotopic (exact) mass is 213 g/mol. The van der Waals surface area contributed by atoms with Gasteiger partial charge in [-0.3, -0.25) is 4.79 Å². The van der Waals surface area contributed by atoms with Gasteiger partial charge in [0.1, 0.15) is 6.04 Å². The lowest BCUT2D eigenvalue weighted by molar-refractivity contribution is -0.143. The van der Waals surface area contributed by atoms with E-state index < -0.39 is 0 Å². The van der Waals surface area contributed by atoms with Crippen LogP contribution in [-0.4, -0.2) is 25.2 Å². The van der Waals surface area contributed by atoms with Crippen molar-refractivity contribution >= 4 is 5.97 Å². The molecule has 0 aromatic carbocycles. The van der Waals surface area contributed by atoms with Crippen molar-refractivity contribution in [1.82, 2.24) is 5.32 Å². The Morgan fingerprint density at radius 2 is 2.00 bits per heavy atom. The van der Waals surface area contributed by atoms with Crippen molar-refractivity contribution in [2.24, 2.45) is 11.8 Å². The molecule has 1 N–H and O–H groups in total. The van der Waals surface area contributed by atoms with Crippen LogP contribution in [0.3, 0.4) is 0 Å². The molecule has 0 amide bonds. The van der Waals surface area contributed by atoms with Gasteiger partial charge in [-0.1, -0.05) is 13.8 Å². The summed E-state index contributed by atoms with van der Waals surface area (Å²) < 4.78 is 4.70. The first-order chi connectivity index (χ1) is 7.04. The number of hydrogen-bond acceptors (Lipinski definition) is 3. The highest BCUT2D eigenvalue weighted by molar-refractivity contribution is 5.75. The zero-order valence-electron chi connectivity index (χ0n) is 10.2. The third-order valence-electron chi connectivity index (χ3n) is 3.64. The second kappa shape index (κ2) is 5.50. The van der Waals surface area contributed by atoms with Gasteiger partial charge in [-0.15, -0.1) is 0 Å². The van der Waals surface area contributed by atoms with Gasteiger partial charge in [0, 0.05) is 6.04 Å². The first-order valence-electron chi connectivity index (χ1n) is 5.88. The first kappa shape index (κ1) is 12.5. The molecule has 3 unspecified atom stereocenters. The van der Waals surface area contributed by atoms with Crippen LogP contribution in [0, 0.1) is 11.8 Å². The molecular weight excluding hydrogens is 190 g/mol. The summed E-state index contributed by atoms with van der Waals surface area (Å²) >= 11 is 0. The van der Waals surface area contributed by atoms with E-state index in [0.717, 1.165) is 11.8 Å². The van der Waals surface area contributed by atoms with Gasteiger partial charge in [-0.05, 0) is 38.0 Å². The molecule has 1 fully saturated rings. The number of esters is 1. The van der Waals surface area contributed by atoms with E-state index in [0.29, 0.717) is 6.04 Å². The van der Waals surface area contributed by atoms with Crippen molar-refractivity contribution in [1.29, 1.82) is 0 Å². The average Bonchev–Trinajstić information content (AvgIpc) is 2.22. The fraction of sp³-hybridized carbons (Fsp3) is 0.917. The Bertz CT molecular complexity index is 218. The molecule has 1 rings (SSSR count). The standard InChI is InChI=1S/C12H23NO2/c1-8-5-6-11(7-9(8)2)13-10(3)12(14)15-4/h8-11,13H,5-7H2,1-4H3/t8?,9?,10-,11?/m0/s1. The van der Waals surface area contributed by atoms with E-state index in [9.17, 15) is 4.79 Å². The van der Waals surface area contributed by atoms with E-state index in [2.05, 4.69) is 19.2 Å². The lowest BCUT2D eigenvalue weighted by atomic mass is 9.79. The molecule has 1 aliphatic carbocycles. The maximum Gasteiger partial charge on any atom is 0.322 e. The van der Waals surface area contributed by atoms with Crippen LogP contribution in [-0.2, 0) is 9.53 Å². The van der Waals surface area contributed by atoms with Crippen molar-refractivity contribution in [2.75, 3.05) is 7.11 Å². The number of nitrogens with one attached hydrogen (secondary N) is 1. The molecule has 3 heteroatoms. The van der Waals surface area contributed by atoms with Crippen molar-refractivity contribution < 1.29 is 9.53 Å². The van der Waals surface area contributed by atoms with Gasteiger partial charge in [0.05, 0.1) is 7.11 Å². The molecule has 0 aliphatic heterocycles. The average molecular weight is 213 g/mol. The molecule has 3 nitrogen and oxygen atoms in total. The molecule has 1 saturated carbocycles. The van der Waals surface area contributed by atoms with Crippen molar-refractivity contribution in [3.8, 4) is 0 Å². The topological polar surface area (TPSA) is 38.3 Å². The van der Waals surface area contributed by atoms with E-state index >= 15 is 0 Å². The summed E-state index contributed by atoms with van der Waals surface area (Å²) in [7, 11) is 1.44. The van der Waals surface area contributed by atoms with E-state index in [1.807, 2.05) is 6.92 Å². The number of ether oxygens (including phenoxy) is 1. The van der Waals surface area contributed by atoms with Gasteiger partial charge in [-0.25, -0.2) is 0 Å². The maximum absolute atomic E-state index is 11.2. The van der Waals surface area contributed by atoms with Crippen LogP contribution in [0.1, 0.15) is 40.0 Å². The summed E-state index contributed by atoms with van der Waals surface area (Å²) in [6.45, 7) is 6.47. The molecule has 15 heavy (non-hydrogen) atoms. The first-order valence-corrected chi connectivity index (χ1v) is 5.88. The van der Waals surface area contributed by atoms with Gasteiger partial charge in [0.15, 0.2) is 0 Å². The van der Waals surface area contributed by atoms with Gasteiger partial charge >= 0.3 is 5.97 Å². The molecule has 0 radical (unpaired) electrons. The Morgan fingerprint density at radius 3 is 2.53 bits per heavy atom. The van der Waals surface area contributed by atoms with Crippen molar-refractivity contribution in [2.45, 2.75) is 52.1 Å². The van der Waals surface area contributed by atoms with Gasteiger partial charge in [0.25, 0.3) is 0 Å². The van der Waals surface area contributed by atoms with Crippen LogP contribution in [0.25, 0.3) is 0 Å². The second-order valence-corrected chi connectivity index (χ2v) is 4.88. The molecule has 0 bridgehead atoms. The number of methoxy groups -OCH3 is 1. The van der Waals surface area contributed by atoms with Crippen molar-refractivity contribution in [3.63, 3.8) is 0 Å². The Hall–Kier alpha value is -0.570. The third-order valence-corrected chi connectivity index (χ3v) is 3.64. The summed E-state index contributed by atoms with van der Waals surface area (Å²) in [5.74, 6) is 1.40. The highest BCUT2D eigenvalue weighted by atomic mass is 16.5. The molecule has 4 atom stereocenters. The summed E-state index contributed by atoms with van der Waals surface area (Å²) in [5.41, 5.74) is 0. The lowest BCUT2D eigenvalue weighted by Crippen LogP contribution is -2.44. The van der Waals surface area contributed by atoms with Gasteiger partial charge < -0.3 is 10.1 Å². The van der Waals surface area contributed by atoms with Crippen molar-refractivity contribution in [3.05, 3.63) is 0 Å². The Morgan fingerprint density at radius 1 is 1.33 bits per heavy atom. The number of hydrogen-bond donors (Lipinski definition) is 1. The Kier molecular flexibility index (Phi) is 4.58. The van der Waals surface area contributed by atoms with Crippen LogP contribution >= 0.6 is 0 Å². The van der Waals surface area contributed by atoms with Crippen LogP contribution in [0.2, 0.25) is 0 Å². The van der Waals surface area contributed by atoms with Crippen LogP contribution in [0.4, 0.5) is 0 Å². The smallest absolute Gasteiger partial charge is 0.322 e. The molecule has 0 heterocycles. The fourth-order valence-corrected chi connectivity index (χ4v) is 2.30. The molecule has 0 spiro atoms. The highest BCUT2D eigenvalue weighted by Gasteiger charge is 2.26. The largest absolute Gasteiger partial charge is 0.468 e. The SMILES string of the molecule is COC(=O)[C@H](C)NC1CCC(C)C(C)C1. The Labute approximate surface area is 92.6 Å². The fourth-order valence-electron chi connectivity index (χ4n) is 2.30. The van der Waals surface area contributed by atoms with E-state index in [1.54, 1.807) is 0 Å². The molecular formula is C12H23NO2. The van der Waals surface area contributed by atoms with Gasteiger partial charge in [-0.2, -0.15) is 0 Å². The summed E-state index contributed by atoms with van der Waals surface area (Å²) in [4.78, 5) is 11.2. The molecule has 0 saturated heterocycles. The zero-order valence-corrected chi connectivity index (χ0v) is 10.2. The molecule has 88 valence electrons. The second-order valence-electron chi connectivity index (χ2n) is 4.88. The zero-order chi connectivity index (χ0) is 11.4. The number of rotatable bonds is 3. The minimum absolute atomic E-state index is 0.165. The summed E-state index contributed by atoms with van der Waals surface area (Å²) in [6.07, 6.45) is 3.60. The summed E-state index contributed by atoms with van der Waals surface area (Å²) in [6, 6.07) is 0.297. The molecule has 0 aromatic rings. The van der Waals surface area contributed by atoms with E-state index in [1.165, 1.54) is 26.4 Å². The van der Waals surface area contributed by atoms with Crippen LogP contribution < -0.4 is 5.32 Å². The van der Waals surface area contributed by atoms with Gasteiger partial charge in [0.2, 0.25) is 0 Å². The predicted octanol–water partition coefficient (Wildman–Crippen LogP) is 1.96. The quantitative estimate of drug-likeness (QED) is 0.728. The third kappa shape index (κ3) is 3.49. The summed E-state index contributed by atoms with van der Waals surface area (Å²) in [5, 5.41) is 3.35. The van der Waals surface area contributed by atoms with Crippen LogP contribution in [0.15, 0.2) is 0 Å². The maximum atomic E-state index is 11.2. The Balaban J connectivity index is 2.36. The predicted molar refractivity (Wildman–Crippen MR) is 60.6 cm³/mol. The normalized spacial score (nSPS) is 33.5. The minimum atomic E-state index is -0.180. The van der Waals surface area contributed by atoms with E-state index in [4.69, 9.17) is 4.74 Å².